The number of fused-ring (bicyclic) bond motifs is 1. The van der Waals surface area contributed by atoms with Gasteiger partial charge in [-0.25, -0.2) is 0 Å². The fourth-order valence-corrected chi connectivity index (χ4v) is 3.11. The van der Waals surface area contributed by atoms with E-state index in [0.29, 0.717) is 16.1 Å². The fourth-order valence-electron chi connectivity index (χ4n) is 2.90. The Bertz CT molecular complexity index is 1130. The van der Waals surface area contributed by atoms with E-state index in [1.54, 1.807) is 41.1 Å². The number of aromatic nitrogens is 1. The minimum atomic E-state index is -0.976. The number of amides is 1. The molecular weight excluding hydrogens is 378 g/mol. The van der Waals surface area contributed by atoms with Crippen molar-refractivity contribution < 1.29 is 14.7 Å². The lowest BCUT2D eigenvalue weighted by Gasteiger charge is -2.05. The van der Waals surface area contributed by atoms with Crippen LogP contribution >= 0.6 is 11.6 Å². The number of nitrogens with zero attached hydrogens (tertiary/aromatic N) is 2. The van der Waals surface area contributed by atoms with Crippen molar-refractivity contribution >= 4 is 40.5 Å². The Labute approximate surface area is 166 Å². The number of nitrogens with one attached hydrogen (secondary N) is 1. The van der Waals surface area contributed by atoms with Gasteiger partial charge in [0.05, 0.1) is 0 Å². The quantitative estimate of drug-likeness (QED) is 0.494. The number of nitriles is 1. The molecule has 3 rings (SSSR count). The molecule has 0 unspecified atom stereocenters. The maximum atomic E-state index is 12.4. The Morgan fingerprint density at radius 2 is 2.00 bits per heavy atom. The fraction of sp³-hybridized carbons (Fsp3) is 0.0952. The molecule has 0 fully saturated rings. The van der Waals surface area contributed by atoms with Crippen LogP contribution in [0.3, 0.4) is 0 Å². The van der Waals surface area contributed by atoms with Crippen LogP contribution in [0.5, 0.6) is 0 Å². The lowest BCUT2D eigenvalue weighted by atomic mass is 10.1. The standard InChI is InChI=1S/C21H16ClN3O3/c22-17-5-3-4-14(8-17)11-24-21(28)15(10-23)9-16-12-25(13-20(26)27)19-7-2-1-6-18(16)19/h1-9,12H,11,13H2,(H,24,28)(H,26,27)/b15-9+. The molecule has 0 aliphatic rings. The molecule has 28 heavy (non-hydrogen) atoms. The van der Waals surface area contributed by atoms with E-state index in [1.165, 1.54) is 6.08 Å². The second-order valence-corrected chi connectivity index (χ2v) is 6.54. The van der Waals surface area contributed by atoms with Gasteiger partial charge in [-0.15, -0.1) is 0 Å². The van der Waals surface area contributed by atoms with Gasteiger partial charge in [0.1, 0.15) is 18.2 Å². The molecule has 0 aliphatic carbocycles. The average Bonchev–Trinajstić information content (AvgIpc) is 3.01. The number of hydrogen-bond donors (Lipinski definition) is 2. The van der Waals surface area contributed by atoms with Gasteiger partial charge in [0.25, 0.3) is 5.91 Å². The van der Waals surface area contributed by atoms with E-state index in [0.717, 1.165) is 10.9 Å². The van der Waals surface area contributed by atoms with E-state index in [1.807, 2.05) is 24.3 Å². The van der Waals surface area contributed by atoms with Crippen LogP contribution in [-0.4, -0.2) is 21.6 Å². The summed E-state index contributed by atoms with van der Waals surface area (Å²) in [6.45, 7) is 0.0242. The van der Waals surface area contributed by atoms with Crippen molar-refractivity contribution in [2.75, 3.05) is 0 Å². The third-order valence-electron chi connectivity index (χ3n) is 4.13. The van der Waals surface area contributed by atoms with Crippen molar-refractivity contribution in [3.8, 4) is 6.07 Å². The summed E-state index contributed by atoms with van der Waals surface area (Å²) in [6.07, 6.45) is 3.09. The normalized spacial score (nSPS) is 11.2. The number of carbonyl (C=O) groups excluding carboxylic acids is 1. The van der Waals surface area contributed by atoms with Crippen LogP contribution in [0.2, 0.25) is 5.02 Å². The molecule has 2 N–H and O–H groups in total. The van der Waals surface area contributed by atoms with Gasteiger partial charge in [0, 0.05) is 34.2 Å². The molecule has 2 aromatic carbocycles. The summed E-state index contributed by atoms with van der Waals surface area (Å²) in [5.41, 5.74) is 2.07. The maximum Gasteiger partial charge on any atom is 0.323 e. The molecule has 3 aromatic rings. The molecule has 140 valence electrons. The summed E-state index contributed by atoms with van der Waals surface area (Å²) in [5, 5.41) is 22.5. The van der Waals surface area contributed by atoms with Gasteiger partial charge in [-0.1, -0.05) is 41.9 Å². The van der Waals surface area contributed by atoms with Gasteiger partial charge in [0.15, 0.2) is 0 Å². The lowest BCUT2D eigenvalue weighted by Crippen LogP contribution is -2.23. The summed E-state index contributed by atoms with van der Waals surface area (Å²) < 4.78 is 1.57. The Balaban J connectivity index is 1.87. The Morgan fingerprint density at radius 3 is 2.71 bits per heavy atom. The molecule has 0 saturated carbocycles. The Morgan fingerprint density at radius 1 is 1.21 bits per heavy atom. The maximum absolute atomic E-state index is 12.4. The second kappa shape index (κ2) is 8.42. The third-order valence-corrected chi connectivity index (χ3v) is 4.37. The first kappa shape index (κ1) is 19.2. The SMILES string of the molecule is N#C/C(=C\c1cn(CC(=O)O)c2ccccc12)C(=O)NCc1cccc(Cl)c1. The van der Waals surface area contributed by atoms with E-state index >= 15 is 0 Å². The van der Waals surface area contributed by atoms with E-state index in [4.69, 9.17) is 16.7 Å². The van der Waals surface area contributed by atoms with Gasteiger partial charge < -0.3 is 15.0 Å². The van der Waals surface area contributed by atoms with Crippen molar-refractivity contribution in [1.82, 2.24) is 9.88 Å². The number of carbonyl (C=O) groups is 2. The van der Waals surface area contributed by atoms with Crippen molar-refractivity contribution in [3.63, 3.8) is 0 Å². The number of hydrogen-bond acceptors (Lipinski definition) is 3. The molecule has 6 nitrogen and oxygen atoms in total. The molecule has 1 amide bonds. The highest BCUT2D eigenvalue weighted by Crippen LogP contribution is 2.23. The molecule has 0 bridgehead atoms. The zero-order valence-electron chi connectivity index (χ0n) is 14.7. The highest BCUT2D eigenvalue weighted by atomic mass is 35.5. The van der Waals surface area contributed by atoms with Crippen LogP contribution in [0.25, 0.3) is 17.0 Å². The number of halogens is 1. The minimum absolute atomic E-state index is 0.0692. The number of carboxylic acids is 1. The number of carboxylic acid groups (broad SMARTS) is 1. The Hall–Kier alpha value is -3.56. The van der Waals surface area contributed by atoms with Crippen LogP contribution in [-0.2, 0) is 22.7 Å². The molecule has 0 radical (unpaired) electrons. The minimum Gasteiger partial charge on any atom is -0.480 e. The van der Waals surface area contributed by atoms with Crippen LogP contribution in [0.1, 0.15) is 11.1 Å². The lowest BCUT2D eigenvalue weighted by molar-refractivity contribution is -0.137. The highest BCUT2D eigenvalue weighted by Gasteiger charge is 2.13. The summed E-state index contributed by atoms with van der Waals surface area (Å²) in [4.78, 5) is 23.5. The average molecular weight is 394 g/mol. The van der Waals surface area contributed by atoms with E-state index < -0.39 is 11.9 Å². The predicted octanol–water partition coefficient (Wildman–Crippen LogP) is 3.60. The first-order chi connectivity index (χ1) is 13.5. The summed E-state index contributed by atoms with van der Waals surface area (Å²) in [5.74, 6) is -1.49. The number of para-hydroxylation sites is 1. The zero-order chi connectivity index (χ0) is 20.1. The number of rotatable bonds is 6. The van der Waals surface area contributed by atoms with E-state index in [2.05, 4.69) is 5.32 Å². The topological polar surface area (TPSA) is 95.1 Å². The van der Waals surface area contributed by atoms with Crippen LogP contribution in [0, 0.1) is 11.3 Å². The number of aliphatic carboxylic acids is 1. The molecule has 1 heterocycles. The zero-order valence-corrected chi connectivity index (χ0v) is 15.5. The highest BCUT2D eigenvalue weighted by molar-refractivity contribution is 6.30. The van der Waals surface area contributed by atoms with Crippen LogP contribution in [0.15, 0.2) is 60.3 Å². The van der Waals surface area contributed by atoms with Crippen molar-refractivity contribution in [2.45, 2.75) is 13.1 Å². The van der Waals surface area contributed by atoms with Crippen LogP contribution < -0.4 is 5.32 Å². The predicted molar refractivity (Wildman–Crippen MR) is 106 cm³/mol. The third kappa shape index (κ3) is 4.40. The molecule has 0 spiro atoms. The molecule has 0 aliphatic heterocycles. The van der Waals surface area contributed by atoms with E-state index in [9.17, 15) is 14.9 Å². The molecule has 1 aromatic heterocycles. The summed E-state index contributed by atoms with van der Waals surface area (Å²) in [6, 6.07) is 16.2. The smallest absolute Gasteiger partial charge is 0.323 e. The molecule has 0 saturated heterocycles. The van der Waals surface area contributed by atoms with Gasteiger partial charge in [-0.05, 0) is 29.8 Å². The molecular formula is C21H16ClN3O3. The van der Waals surface area contributed by atoms with Crippen LogP contribution in [0.4, 0.5) is 0 Å². The monoisotopic (exact) mass is 393 g/mol. The first-order valence-corrected chi connectivity index (χ1v) is 8.80. The summed E-state index contributed by atoms with van der Waals surface area (Å²) in [7, 11) is 0. The van der Waals surface area contributed by atoms with Crippen molar-refractivity contribution in [3.05, 3.63) is 76.5 Å². The van der Waals surface area contributed by atoms with E-state index in [-0.39, 0.29) is 18.7 Å². The number of benzene rings is 2. The molecule has 0 atom stereocenters. The molecule has 7 heteroatoms. The van der Waals surface area contributed by atoms with Crippen molar-refractivity contribution in [2.24, 2.45) is 0 Å². The van der Waals surface area contributed by atoms with Gasteiger partial charge in [0.2, 0.25) is 0 Å². The Kier molecular flexibility index (Phi) is 5.78. The largest absolute Gasteiger partial charge is 0.480 e. The second-order valence-electron chi connectivity index (χ2n) is 6.11. The summed E-state index contributed by atoms with van der Waals surface area (Å²) >= 11 is 5.93. The van der Waals surface area contributed by atoms with Crippen molar-refractivity contribution in [1.29, 1.82) is 5.26 Å². The van der Waals surface area contributed by atoms with Gasteiger partial charge >= 0.3 is 5.97 Å². The van der Waals surface area contributed by atoms with Gasteiger partial charge in [-0.3, -0.25) is 9.59 Å². The van der Waals surface area contributed by atoms with Gasteiger partial charge in [-0.2, -0.15) is 5.26 Å². The first-order valence-electron chi connectivity index (χ1n) is 8.42.